The molecule has 0 atom stereocenters. The zero-order valence-electron chi connectivity index (χ0n) is 9.26. The van der Waals surface area contributed by atoms with Crippen LogP contribution in [0.4, 0.5) is 11.7 Å². The first-order valence-electron chi connectivity index (χ1n) is 5.24. The Kier molecular flexibility index (Phi) is 3.22. The van der Waals surface area contributed by atoms with Crippen LogP contribution in [0, 0.1) is 0 Å². The molecule has 16 heavy (non-hydrogen) atoms. The zero-order chi connectivity index (χ0) is 11.4. The lowest BCUT2D eigenvalue weighted by Gasteiger charge is -2.13. The number of rotatable bonds is 4. The quantitative estimate of drug-likeness (QED) is 0.850. The van der Waals surface area contributed by atoms with E-state index in [0.29, 0.717) is 12.6 Å². The highest BCUT2D eigenvalue weighted by Gasteiger charge is 2.09. The first-order chi connectivity index (χ1) is 7.81. The van der Waals surface area contributed by atoms with Crippen molar-refractivity contribution < 1.29 is 4.42 Å². The van der Waals surface area contributed by atoms with E-state index in [0.717, 1.165) is 17.8 Å². The van der Waals surface area contributed by atoms with Crippen LogP contribution in [0.3, 0.4) is 0 Å². The molecule has 1 aromatic carbocycles. The normalized spacial score (nSPS) is 10.4. The van der Waals surface area contributed by atoms with E-state index in [1.54, 1.807) is 6.26 Å². The van der Waals surface area contributed by atoms with Gasteiger partial charge in [-0.05, 0) is 18.7 Å². The standard InChI is InChI=1S/C12H15N3O/c1-15(11-5-3-2-4-6-11)12-14-10(7-8-13)9-16-12/h2-6,9H,7-8,13H2,1H3. The molecule has 4 nitrogen and oxygen atoms in total. The molecule has 0 aliphatic heterocycles. The molecule has 2 N–H and O–H groups in total. The maximum Gasteiger partial charge on any atom is 0.301 e. The predicted octanol–water partition coefficient (Wildman–Crippen LogP) is 1.94. The Morgan fingerprint density at radius 2 is 2.06 bits per heavy atom. The van der Waals surface area contributed by atoms with Gasteiger partial charge < -0.3 is 10.2 Å². The average Bonchev–Trinajstić information content (AvgIpc) is 2.78. The molecule has 84 valence electrons. The van der Waals surface area contributed by atoms with Crippen molar-refractivity contribution in [1.29, 1.82) is 0 Å². The van der Waals surface area contributed by atoms with Crippen LogP contribution in [0.15, 0.2) is 41.0 Å². The number of anilines is 2. The maximum atomic E-state index is 5.46. The molecule has 0 spiro atoms. The fourth-order valence-electron chi connectivity index (χ4n) is 1.48. The second kappa shape index (κ2) is 4.81. The molecule has 0 bridgehead atoms. The summed E-state index contributed by atoms with van der Waals surface area (Å²) in [5.41, 5.74) is 7.40. The Hall–Kier alpha value is -1.81. The van der Waals surface area contributed by atoms with E-state index in [2.05, 4.69) is 4.98 Å². The second-order valence-corrected chi connectivity index (χ2v) is 3.55. The van der Waals surface area contributed by atoms with Gasteiger partial charge in [0, 0.05) is 19.2 Å². The van der Waals surface area contributed by atoms with Crippen LogP contribution in [0.2, 0.25) is 0 Å². The summed E-state index contributed by atoms with van der Waals surface area (Å²) in [6.07, 6.45) is 2.40. The van der Waals surface area contributed by atoms with Gasteiger partial charge in [0.15, 0.2) is 0 Å². The Labute approximate surface area is 94.7 Å². The lowest BCUT2D eigenvalue weighted by atomic mass is 10.3. The molecule has 2 rings (SSSR count). The van der Waals surface area contributed by atoms with Crippen molar-refractivity contribution in [1.82, 2.24) is 4.98 Å². The van der Waals surface area contributed by atoms with Crippen molar-refractivity contribution in [2.24, 2.45) is 5.73 Å². The minimum atomic E-state index is 0.584. The van der Waals surface area contributed by atoms with Gasteiger partial charge in [0.05, 0.1) is 5.69 Å². The predicted molar refractivity (Wildman–Crippen MR) is 63.8 cm³/mol. The molecule has 1 aromatic heterocycles. The molecule has 0 amide bonds. The monoisotopic (exact) mass is 217 g/mol. The SMILES string of the molecule is CN(c1ccccc1)c1nc(CCN)co1. The number of oxazole rings is 1. The van der Waals surface area contributed by atoms with E-state index >= 15 is 0 Å². The maximum absolute atomic E-state index is 5.46. The molecule has 0 aliphatic carbocycles. The topological polar surface area (TPSA) is 55.3 Å². The Morgan fingerprint density at radius 1 is 1.31 bits per heavy atom. The molecular weight excluding hydrogens is 202 g/mol. The number of para-hydroxylation sites is 1. The molecule has 1 heterocycles. The number of aromatic nitrogens is 1. The van der Waals surface area contributed by atoms with Crippen LogP contribution in [-0.4, -0.2) is 18.6 Å². The van der Waals surface area contributed by atoms with Crippen molar-refractivity contribution in [3.63, 3.8) is 0 Å². The first kappa shape index (κ1) is 10.7. The van der Waals surface area contributed by atoms with Crippen molar-refractivity contribution in [3.8, 4) is 0 Å². The molecule has 0 saturated carbocycles. The van der Waals surface area contributed by atoms with Gasteiger partial charge in [-0.3, -0.25) is 4.90 Å². The largest absolute Gasteiger partial charge is 0.432 e. The molecule has 0 fully saturated rings. The molecule has 2 aromatic rings. The van der Waals surface area contributed by atoms with Crippen molar-refractivity contribution in [3.05, 3.63) is 42.3 Å². The van der Waals surface area contributed by atoms with Gasteiger partial charge in [-0.2, -0.15) is 4.98 Å². The van der Waals surface area contributed by atoms with Gasteiger partial charge in [-0.1, -0.05) is 18.2 Å². The third-order valence-electron chi connectivity index (χ3n) is 2.37. The number of nitrogens with zero attached hydrogens (tertiary/aromatic N) is 2. The average molecular weight is 217 g/mol. The van der Waals surface area contributed by atoms with Crippen molar-refractivity contribution in [2.45, 2.75) is 6.42 Å². The lowest BCUT2D eigenvalue weighted by molar-refractivity contribution is 0.559. The molecular formula is C12H15N3O. The lowest BCUT2D eigenvalue weighted by Crippen LogP contribution is -2.10. The molecule has 4 heteroatoms. The number of nitrogens with two attached hydrogens (primary N) is 1. The third kappa shape index (κ3) is 2.23. The van der Waals surface area contributed by atoms with Crippen LogP contribution in [0.1, 0.15) is 5.69 Å². The highest BCUT2D eigenvalue weighted by molar-refractivity contribution is 5.54. The third-order valence-corrected chi connectivity index (χ3v) is 2.37. The summed E-state index contributed by atoms with van der Waals surface area (Å²) in [7, 11) is 1.92. The van der Waals surface area contributed by atoms with E-state index in [9.17, 15) is 0 Å². The summed E-state index contributed by atoms with van der Waals surface area (Å²) in [6.45, 7) is 0.584. The number of benzene rings is 1. The number of hydrogen-bond donors (Lipinski definition) is 1. The van der Waals surface area contributed by atoms with E-state index < -0.39 is 0 Å². The van der Waals surface area contributed by atoms with Gasteiger partial charge in [0.2, 0.25) is 0 Å². The van der Waals surface area contributed by atoms with E-state index in [1.165, 1.54) is 0 Å². The Balaban J connectivity index is 2.17. The van der Waals surface area contributed by atoms with E-state index in [-0.39, 0.29) is 0 Å². The summed E-state index contributed by atoms with van der Waals surface area (Å²) in [5, 5.41) is 0. The van der Waals surface area contributed by atoms with E-state index in [1.807, 2.05) is 42.3 Å². The second-order valence-electron chi connectivity index (χ2n) is 3.55. The van der Waals surface area contributed by atoms with Crippen LogP contribution in [-0.2, 0) is 6.42 Å². The molecule has 0 radical (unpaired) electrons. The van der Waals surface area contributed by atoms with Crippen LogP contribution in [0.25, 0.3) is 0 Å². The summed E-state index contributed by atoms with van der Waals surface area (Å²) in [5.74, 6) is 0. The van der Waals surface area contributed by atoms with Gasteiger partial charge in [0.25, 0.3) is 0 Å². The molecule has 0 aliphatic rings. The summed E-state index contributed by atoms with van der Waals surface area (Å²) < 4.78 is 5.39. The summed E-state index contributed by atoms with van der Waals surface area (Å²) in [4.78, 5) is 6.26. The summed E-state index contributed by atoms with van der Waals surface area (Å²) in [6, 6.07) is 10.5. The zero-order valence-corrected chi connectivity index (χ0v) is 9.26. The Bertz CT molecular complexity index is 439. The minimum absolute atomic E-state index is 0.584. The van der Waals surface area contributed by atoms with Gasteiger partial charge >= 0.3 is 6.01 Å². The first-order valence-corrected chi connectivity index (χ1v) is 5.24. The highest BCUT2D eigenvalue weighted by atomic mass is 16.4. The van der Waals surface area contributed by atoms with Gasteiger partial charge in [-0.25, -0.2) is 0 Å². The number of hydrogen-bond acceptors (Lipinski definition) is 4. The molecule has 0 unspecified atom stereocenters. The van der Waals surface area contributed by atoms with Crippen LogP contribution in [0.5, 0.6) is 0 Å². The van der Waals surface area contributed by atoms with Crippen LogP contribution < -0.4 is 10.6 Å². The fourth-order valence-corrected chi connectivity index (χ4v) is 1.48. The van der Waals surface area contributed by atoms with Gasteiger partial charge in [0.1, 0.15) is 6.26 Å². The minimum Gasteiger partial charge on any atom is -0.432 e. The molecule has 0 saturated heterocycles. The van der Waals surface area contributed by atoms with Crippen molar-refractivity contribution in [2.75, 3.05) is 18.5 Å². The smallest absolute Gasteiger partial charge is 0.301 e. The van der Waals surface area contributed by atoms with E-state index in [4.69, 9.17) is 10.2 Å². The Morgan fingerprint density at radius 3 is 2.75 bits per heavy atom. The van der Waals surface area contributed by atoms with Crippen molar-refractivity contribution >= 4 is 11.7 Å². The highest BCUT2D eigenvalue weighted by Crippen LogP contribution is 2.22. The summed E-state index contributed by atoms with van der Waals surface area (Å²) >= 11 is 0. The van der Waals surface area contributed by atoms with Gasteiger partial charge in [-0.15, -0.1) is 0 Å². The fraction of sp³-hybridized carbons (Fsp3) is 0.250. The van der Waals surface area contributed by atoms with Crippen LogP contribution >= 0.6 is 0 Å².